The van der Waals surface area contributed by atoms with Crippen LogP contribution in [0.4, 0.5) is 10.5 Å². The number of hydrogen-bond donors (Lipinski definition) is 7. The lowest BCUT2D eigenvalue weighted by Crippen LogP contribution is -2.46. The van der Waals surface area contributed by atoms with Crippen molar-refractivity contribution < 1.29 is 50.6 Å². The molecule has 0 unspecified atom stereocenters. The van der Waals surface area contributed by atoms with E-state index in [9.17, 15) is 23.1 Å². The molecule has 0 aromatic heterocycles. The normalized spacial score (nSPS) is 14.1. The number of carboxylic acid groups (broad SMARTS) is 1. The Bertz CT molecular complexity index is 1520. The minimum Gasteiger partial charge on any atom is -0.480 e. The Morgan fingerprint density at radius 1 is 0.917 bits per heavy atom. The maximum atomic E-state index is 13.6. The van der Waals surface area contributed by atoms with E-state index >= 15 is 0 Å². The van der Waals surface area contributed by atoms with Gasteiger partial charge in [-0.25, -0.2) is 13.2 Å². The number of sulfonamides is 1. The number of rotatable bonds is 11. The standard InChI is InChI=1S/C24H34N2O5S.C7H14N2O2.H2O4S/c1-14(2)18-12-20(15(3)4)23(21(13-18)16(5)6)32(30,31)26-22(24(27)28)11-17-8-7-9-19(10-17)25-29;1-2-11-7(10)9-5-3-8-4-6-9;1-5(2,3)4/h7-10,12-16,22,25-26,29H,11H2,1-6H3,(H,27,28);8H,2-6H2,1H3;(H2,1,2,3,4)/t22-;;/m0../s1. The number of carbonyl (C=O) groups excluding carboxylic acids is 1. The van der Waals surface area contributed by atoms with E-state index in [0.717, 1.165) is 31.7 Å². The molecule has 2 aromatic carbocycles. The molecule has 17 heteroatoms. The van der Waals surface area contributed by atoms with E-state index in [1.165, 1.54) is 0 Å². The lowest BCUT2D eigenvalue weighted by Gasteiger charge is -2.26. The topological polar surface area (TPSA) is 232 Å². The van der Waals surface area contributed by atoms with Crippen LogP contribution in [0, 0.1) is 0 Å². The van der Waals surface area contributed by atoms with Crippen LogP contribution in [0.15, 0.2) is 41.3 Å². The Morgan fingerprint density at radius 2 is 1.44 bits per heavy atom. The summed E-state index contributed by atoms with van der Waals surface area (Å²) in [5.74, 6) is -1.16. The van der Waals surface area contributed by atoms with Gasteiger partial charge in [-0.1, -0.05) is 65.8 Å². The number of anilines is 1. The maximum Gasteiger partial charge on any atom is 0.409 e. The molecule has 0 aliphatic carbocycles. The van der Waals surface area contributed by atoms with Crippen molar-refractivity contribution in [1.29, 1.82) is 0 Å². The third-order valence-corrected chi connectivity index (χ3v) is 8.69. The average molecular weight is 719 g/mol. The molecule has 1 fully saturated rings. The third-order valence-electron chi connectivity index (χ3n) is 7.08. The fourth-order valence-electron chi connectivity index (χ4n) is 4.69. The van der Waals surface area contributed by atoms with Gasteiger partial charge in [-0.3, -0.25) is 24.6 Å². The lowest BCUT2D eigenvalue weighted by atomic mass is 9.89. The Kier molecular flexibility index (Phi) is 17.5. The van der Waals surface area contributed by atoms with Gasteiger partial charge in [-0.05, 0) is 65.5 Å². The molecule has 15 nitrogen and oxygen atoms in total. The highest BCUT2D eigenvalue weighted by atomic mass is 32.3. The Hall–Kier alpha value is -3.32. The fraction of sp³-hybridized carbons (Fsp3) is 0.548. The number of carbonyl (C=O) groups is 2. The zero-order valence-corrected chi connectivity index (χ0v) is 30.1. The second-order valence-corrected chi connectivity index (χ2v) is 14.5. The van der Waals surface area contributed by atoms with Crippen LogP contribution < -0.4 is 15.5 Å². The van der Waals surface area contributed by atoms with Gasteiger partial charge in [0.1, 0.15) is 6.04 Å². The van der Waals surface area contributed by atoms with Crippen molar-refractivity contribution in [1.82, 2.24) is 14.9 Å². The third kappa shape index (κ3) is 14.8. The highest BCUT2D eigenvalue weighted by Crippen LogP contribution is 2.35. The molecule has 0 bridgehead atoms. The number of benzene rings is 2. The minimum absolute atomic E-state index is 0.0617. The van der Waals surface area contributed by atoms with Crippen LogP contribution in [0.5, 0.6) is 0 Å². The van der Waals surface area contributed by atoms with E-state index in [2.05, 4.69) is 23.9 Å². The number of hydrogen-bond acceptors (Lipinski definition) is 10. The second-order valence-electron chi connectivity index (χ2n) is 11.9. The molecular formula is C31H50N4O11S2. The SMILES string of the molecule is CC(C)c1cc(C(C)C)c(S(=O)(=O)N[C@@H](Cc2cccc(NO)c2)C(=O)O)c(C(C)C)c1.CCOC(=O)N1CCNCC1.O=S(=O)(O)O. The molecule has 0 radical (unpaired) electrons. The van der Waals surface area contributed by atoms with Crippen LogP contribution in [0.3, 0.4) is 0 Å². The van der Waals surface area contributed by atoms with Gasteiger partial charge >= 0.3 is 22.5 Å². The molecule has 1 heterocycles. The van der Waals surface area contributed by atoms with Crippen molar-refractivity contribution in [3.63, 3.8) is 0 Å². The largest absolute Gasteiger partial charge is 0.480 e. The van der Waals surface area contributed by atoms with Crippen molar-refractivity contribution in [3.8, 4) is 0 Å². The van der Waals surface area contributed by atoms with E-state index in [4.69, 9.17) is 27.5 Å². The summed E-state index contributed by atoms with van der Waals surface area (Å²) in [4.78, 5) is 24.9. The van der Waals surface area contributed by atoms with E-state index in [1.54, 1.807) is 29.2 Å². The molecular weight excluding hydrogens is 668 g/mol. The summed E-state index contributed by atoms with van der Waals surface area (Å²) in [6.45, 7) is 17.4. The van der Waals surface area contributed by atoms with Crippen LogP contribution in [-0.4, -0.2) is 92.0 Å². The van der Waals surface area contributed by atoms with Gasteiger partial charge in [0.2, 0.25) is 10.0 Å². The molecule has 0 spiro atoms. The van der Waals surface area contributed by atoms with Gasteiger partial charge in [-0.2, -0.15) is 13.1 Å². The Labute approximate surface area is 283 Å². The molecule has 48 heavy (non-hydrogen) atoms. The zero-order valence-electron chi connectivity index (χ0n) is 28.4. The van der Waals surface area contributed by atoms with Crippen LogP contribution in [0.1, 0.15) is 88.5 Å². The zero-order chi connectivity index (χ0) is 36.8. The van der Waals surface area contributed by atoms with Crippen LogP contribution in [-0.2, 0) is 36.4 Å². The van der Waals surface area contributed by atoms with Crippen LogP contribution in [0.25, 0.3) is 0 Å². The van der Waals surface area contributed by atoms with Crippen LogP contribution >= 0.6 is 0 Å². The first-order valence-electron chi connectivity index (χ1n) is 15.5. The van der Waals surface area contributed by atoms with E-state index in [0.29, 0.717) is 29.0 Å². The Balaban J connectivity index is 0.000000589. The number of nitrogens with one attached hydrogen (secondary N) is 3. The number of ether oxygens (including phenoxy) is 1. The summed E-state index contributed by atoms with van der Waals surface area (Å²) in [7, 11) is -8.80. The summed E-state index contributed by atoms with van der Waals surface area (Å²) in [6.07, 6.45) is -0.253. The van der Waals surface area contributed by atoms with Crippen molar-refractivity contribution in [2.45, 2.75) is 83.6 Å². The first-order valence-corrected chi connectivity index (χ1v) is 18.3. The van der Waals surface area contributed by atoms with Crippen molar-refractivity contribution >= 4 is 38.2 Å². The number of carboxylic acids is 1. The molecule has 7 N–H and O–H groups in total. The van der Waals surface area contributed by atoms with Gasteiger partial charge in [0.25, 0.3) is 0 Å². The van der Waals surface area contributed by atoms with Crippen LogP contribution in [0.2, 0.25) is 0 Å². The quantitative estimate of drug-likeness (QED) is 0.128. The number of amides is 1. The van der Waals surface area contributed by atoms with E-state index in [-0.39, 0.29) is 35.2 Å². The van der Waals surface area contributed by atoms with Gasteiger partial charge in [0.15, 0.2) is 0 Å². The molecule has 2 aromatic rings. The van der Waals surface area contributed by atoms with Gasteiger partial charge < -0.3 is 20.1 Å². The summed E-state index contributed by atoms with van der Waals surface area (Å²) in [5.41, 5.74) is 5.40. The minimum atomic E-state index is -4.67. The van der Waals surface area contributed by atoms with Crippen molar-refractivity contribution in [2.24, 2.45) is 0 Å². The van der Waals surface area contributed by atoms with Gasteiger partial charge in [0, 0.05) is 26.2 Å². The Morgan fingerprint density at radius 3 is 1.85 bits per heavy atom. The molecule has 1 aliphatic rings. The maximum absolute atomic E-state index is 13.6. The second kappa shape index (κ2) is 19.6. The number of aliphatic carboxylic acids is 1. The van der Waals surface area contributed by atoms with Gasteiger partial charge in [-0.15, -0.1) is 0 Å². The predicted octanol–water partition coefficient (Wildman–Crippen LogP) is 4.23. The average Bonchev–Trinajstić information content (AvgIpc) is 3.00. The van der Waals surface area contributed by atoms with E-state index < -0.39 is 32.4 Å². The van der Waals surface area contributed by atoms with Crippen molar-refractivity contribution in [3.05, 3.63) is 58.7 Å². The number of piperazine rings is 1. The first-order chi connectivity index (χ1) is 22.2. The summed E-state index contributed by atoms with van der Waals surface area (Å²) in [5, 5.41) is 22.0. The van der Waals surface area contributed by atoms with Gasteiger partial charge in [0.05, 0.1) is 17.2 Å². The highest BCUT2D eigenvalue weighted by molar-refractivity contribution is 7.89. The summed E-state index contributed by atoms with van der Waals surface area (Å²) in [6, 6.07) is 8.99. The molecule has 0 saturated carbocycles. The molecule has 1 atom stereocenters. The summed E-state index contributed by atoms with van der Waals surface area (Å²) >= 11 is 0. The monoisotopic (exact) mass is 718 g/mol. The fourth-order valence-corrected chi connectivity index (χ4v) is 6.58. The molecule has 272 valence electrons. The van der Waals surface area contributed by atoms with E-state index in [1.807, 2.05) is 52.2 Å². The summed E-state index contributed by atoms with van der Waals surface area (Å²) < 4.78 is 66.0. The molecule has 1 saturated heterocycles. The lowest BCUT2D eigenvalue weighted by molar-refractivity contribution is -0.138. The predicted molar refractivity (Wildman–Crippen MR) is 182 cm³/mol. The highest BCUT2D eigenvalue weighted by Gasteiger charge is 2.31. The smallest absolute Gasteiger partial charge is 0.409 e. The molecule has 1 amide bonds. The molecule has 3 rings (SSSR count). The molecule has 1 aliphatic heterocycles. The number of nitrogens with zero attached hydrogens (tertiary/aromatic N) is 1. The van der Waals surface area contributed by atoms with Crippen molar-refractivity contribution in [2.75, 3.05) is 38.3 Å². The first kappa shape index (κ1) is 42.7.